The second-order valence-corrected chi connectivity index (χ2v) is 5.86. The maximum absolute atomic E-state index is 11.6. The van der Waals surface area contributed by atoms with Crippen molar-refractivity contribution in [3.8, 4) is 0 Å². The highest BCUT2D eigenvalue weighted by Gasteiger charge is 2.22. The summed E-state index contributed by atoms with van der Waals surface area (Å²) in [6.45, 7) is 6.91. The molecule has 6 nitrogen and oxygen atoms in total. The zero-order valence-corrected chi connectivity index (χ0v) is 13.4. The molecule has 2 unspecified atom stereocenters. The number of hydrogen-bond acceptors (Lipinski definition) is 5. The summed E-state index contributed by atoms with van der Waals surface area (Å²) in [5.41, 5.74) is 6.39. The standard InChI is InChI=1S/C16H26N4O2/c1-12-10-20(11-13(2)22-12)15-6-5-14(8-18-15)9-19-16(21)4-3-7-17/h5-6,8,12-13H,3-4,7,9-11,17H2,1-2H3,(H,19,21). The minimum atomic E-state index is 0.0327. The van der Waals surface area contributed by atoms with Crippen molar-refractivity contribution in [3.05, 3.63) is 23.9 Å². The average molecular weight is 306 g/mol. The predicted molar refractivity (Wildman–Crippen MR) is 86.6 cm³/mol. The van der Waals surface area contributed by atoms with Crippen molar-refractivity contribution >= 4 is 11.7 Å². The summed E-state index contributed by atoms with van der Waals surface area (Å²) in [4.78, 5) is 18.3. The second kappa shape index (κ2) is 8.10. The Morgan fingerprint density at radius 1 is 1.41 bits per heavy atom. The Kier molecular flexibility index (Phi) is 6.15. The van der Waals surface area contributed by atoms with Crippen LogP contribution in [0.1, 0.15) is 32.3 Å². The molecule has 0 aliphatic carbocycles. The monoisotopic (exact) mass is 306 g/mol. The number of nitrogens with two attached hydrogens (primary N) is 1. The highest BCUT2D eigenvalue weighted by Crippen LogP contribution is 2.18. The molecule has 2 rings (SSSR count). The molecule has 3 N–H and O–H groups in total. The summed E-state index contributed by atoms with van der Waals surface area (Å²) in [6.07, 6.45) is 3.45. The SMILES string of the molecule is CC1CN(c2ccc(CNC(=O)CCCN)cn2)CC(C)O1. The molecule has 22 heavy (non-hydrogen) atoms. The number of nitrogens with one attached hydrogen (secondary N) is 1. The van der Waals surface area contributed by atoms with Crippen molar-refractivity contribution in [2.45, 2.75) is 45.4 Å². The average Bonchev–Trinajstić information content (AvgIpc) is 2.50. The van der Waals surface area contributed by atoms with Crippen molar-refractivity contribution in [2.75, 3.05) is 24.5 Å². The van der Waals surface area contributed by atoms with E-state index in [-0.39, 0.29) is 18.1 Å². The molecule has 2 heterocycles. The van der Waals surface area contributed by atoms with Crippen LogP contribution in [0.4, 0.5) is 5.82 Å². The molecule has 0 bridgehead atoms. The molecule has 122 valence electrons. The van der Waals surface area contributed by atoms with Gasteiger partial charge in [0.15, 0.2) is 0 Å². The number of hydrogen-bond donors (Lipinski definition) is 2. The van der Waals surface area contributed by atoms with E-state index < -0.39 is 0 Å². The summed E-state index contributed by atoms with van der Waals surface area (Å²) >= 11 is 0. The van der Waals surface area contributed by atoms with E-state index in [1.165, 1.54) is 0 Å². The lowest BCUT2D eigenvalue weighted by Crippen LogP contribution is -2.45. The van der Waals surface area contributed by atoms with Gasteiger partial charge in [-0.3, -0.25) is 4.79 Å². The predicted octanol–water partition coefficient (Wildman–Crippen LogP) is 1.05. The minimum Gasteiger partial charge on any atom is -0.372 e. The molecule has 1 aliphatic heterocycles. The van der Waals surface area contributed by atoms with Gasteiger partial charge in [0.2, 0.25) is 5.91 Å². The van der Waals surface area contributed by atoms with Gasteiger partial charge in [0.05, 0.1) is 12.2 Å². The molecular weight excluding hydrogens is 280 g/mol. The van der Waals surface area contributed by atoms with E-state index in [2.05, 4.69) is 29.0 Å². The molecular formula is C16H26N4O2. The van der Waals surface area contributed by atoms with Gasteiger partial charge in [-0.05, 0) is 38.4 Å². The van der Waals surface area contributed by atoms with E-state index in [9.17, 15) is 4.79 Å². The number of aromatic nitrogens is 1. The first kappa shape index (κ1) is 16.7. The number of morpholine rings is 1. The van der Waals surface area contributed by atoms with Crippen LogP contribution in [0.2, 0.25) is 0 Å². The number of amides is 1. The van der Waals surface area contributed by atoms with Crippen LogP contribution in [0.25, 0.3) is 0 Å². The third-order valence-corrected chi connectivity index (χ3v) is 3.65. The van der Waals surface area contributed by atoms with Gasteiger partial charge in [-0.25, -0.2) is 4.98 Å². The van der Waals surface area contributed by atoms with Crippen LogP contribution in [-0.4, -0.2) is 42.7 Å². The number of carbonyl (C=O) groups excluding carboxylic acids is 1. The molecule has 1 aromatic heterocycles. The smallest absolute Gasteiger partial charge is 0.220 e. The molecule has 1 aliphatic rings. The Hall–Kier alpha value is -1.66. The highest BCUT2D eigenvalue weighted by atomic mass is 16.5. The van der Waals surface area contributed by atoms with Crippen molar-refractivity contribution in [1.82, 2.24) is 10.3 Å². The first-order chi connectivity index (χ1) is 10.6. The van der Waals surface area contributed by atoms with Gasteiger partial charge >= 0.3 is 0 Å². The minimum absolute atomic E-state index is 0.0327. The Balaban J connectivity index is 1.86. The lowest BCUT2D eigenvalue weighted by molar-refractivity contribution is -0.121. The van der Waals surface area contributed by atoms with E-state index in [0.717, 1.165) is 30.9 Å². The van der Waals surface area contributed by atoms with Crippen LogP contribution in [0.15, 0.2) is 18.3 Å². The molecule has 0 saturated carbocycles. The van der Waals surface area contributed by atoms with Crippen molar-refractivity contribution < 1.29 is 9.53 Å². The van der Waals surface area contributed by atoms with Crippen LogP contribution in [-0.2, 0) is 16.1 Å². The first-order valence-electron chi connectivity index (χ1n) is 7.90. The van der Waals surface area contributed by atoms with Crippen LogP contribution < -0.4 is 16.0 Å². The molecule has 1 amide bonds. The molecule has 1 aromatic rings. The summed E-state index contributed by atoms with van der Waals surface area (Å²) in [5, 5.41) is 2.88. The molecule has 0 radical (unpaired) electrons. The molecule has 0 spiro atoms. The lowest BCUT2D eigenvalue weighted by atomic mass is 10.2. The fourth-order valence-corrected chi connectivity index (χ4v) is 2.62. The number of nitrogens with zero attached hydrogens (tertiary/aromatic N) is 2. The third kappa shape index (κ3) is 4.96. The lowest BCUT2D eigenvalue weighted by Gasteiger charge is -2.36. The number of pyridine rings is 1. The quantitative estimate of drug-likeness (QED) is 0.821. The number of ether oxygens (including phenoxy) is 1. The molecule has 2 atom stereocenters. The fraction of sp³-hybridized carbons (Fsp3) is 0.625. The summed E-state index contributed by atoms with van der Waals surface area (Å²) < 4.78 is 5.73. The molecule has 1 fully saturated rings. The summed E-state index contributed by atoms with van der Waals surface area (Å²) in [5.74, 6) is 0.991. The van der Waals surface area contributed by atoms with Crippen molar-refractivity contribution in [2.24, 2.45) is 5.73 Å². The van der Waals surface area contributed by atoms with Crippen LogP contribution in [0, 0.1) is 0 Å². The number of anilines is 1. The van der Waals surface area contributed by atoms with Crippen LogP contribution >= 0.6 is 0 Å². The first-order valence-corrected chi connectivity index (χ1v) is 7.90. The van der Waals surface area contributed by atoms with Gasteiger partial charge in [-0.2, -0.15) is 0 Å². The van der Waals surface area contributed by atoms with Gasteiger partial charge in [0.1, 0.15) is 5.82 Å². The largest absolute Gasteiger partial charge is 0.372 e. The van der Waals surface area contributed by atoms with Gasteiger partial charge in [-0.15, -0.1) is 0 Å². The molecule has 1 saturated heterocycles. The Labute approximate surface area is 132 Å². The van der Waals surface area contributed by atoms with Crippen LogP contribution in [0.5, 0.6) is 0 Å². The maximum atomic E-state index is 11.6. The van der Waals surface area contributed by atoms with Crippen molar-refractivity contribution in [3.63, 3.8) is 0 Å². The van der Waals surface area contributed by atoms with Crippen molar-refractivity contribution in [1.29, 1.82) is 0 Å². The number of carbonyl (C=O) groups is 1. The third-order valence-electron chi connectivity index (χ3n) is 3.65. The van der Waals surface area contributed by atoms with E-state index >= 15 is 0 Å². The van der Waals surface area contributed by atoms with E-state index in [1.807, 2.05) is 18.3 Å². The highest BCUT2D eigenvalue weighted by molar-refractivity contribution is 5.75. The van der Waals surface area contributed by atoms with Gasteiger partial charge in [0.25, 0.3) is 0 Å². The van der Waals surface area contributed by atoms with Gasteiger partial charge in [0, 0.05) is 32.3 Å². The Morgan fingerprint density at radius 3 is 2.73 bits per heavy atom. The zero-order valence-electron chi connectivity index (χ0n) is 13.4. The Morgan fingerprint density at radius 2 is 2.14 bits per heavy atom. The molecule has 6 heteroatoms. The van der Waals surface area contributed by atoms with Gasteiger partial charge < -0.3 is 20.7 Å². The topological polar surface area (TPSA) is 80.5 Å². The van der Waals surface area contributed by atoms with Crippen LogP contribution in [0.3, 0.4) is 0 Å². The zero-order chi connectivity index (χ0) is 15.9. The molecule has 0 aromatic carbocycles. The van der Waals surface area contributed by atoms with E-state index in [0.29, 0.717) is 19.5 Å². The normalized spacial score (nSPS) is 21.7. The maximum Gasteiger partial charge on any atom is 0.220 e. The fourth-order valence-electron chi connectivity index (χ4n) is 2.62. The number of rotatable bonds is 6. The second-order valence-electron chi connectivity index (χ2n) is 5.86. The summed E-state index contributed by atoms with van der Waals surface area (Å²) in [7, 11) is 0. The summed E-state index contributed by atoms with van der Waals surface area (Å²) in [6, 6.07) is 4.02. The van der Waals surface area contributed by atoms with E-state index in [1.54, 1.807) is 0 Å². The van der Waals surface area contributed by atoms with E-state index in [4.69, 9.17) is 10.5 Å². The van der Waals surface area contributed by atoms with Gasteiger partial charge in [-0.1, -0.05) is 6.07 Å². The Bertz CT molecular complexity index is 468.